The smallest absolute Gasteiger partial charge is 0.0821 e. The van der Waals surface area contributed by atoms with Crippen LogP contribution in [0.4, 0.5) is 0 Å². The molecule has 0 aliphatic heterocycles. The third kappa shape index (κ3) is 3.44. The average Bonchev–Trinajstić information content (AvgIpc) is 2.62. The van der Waals surface area contributed by atoms with Gasteiger partial charge < -0.3 is 0 Å². The third-order valence-corrected chi connectivity index (χ3v) is 4.27. The van der Waals surface area contributed by atoms with Crippen LogP contribution in [0.2, 0.25) is 5.02 Å². The highest BCUT2D eigenvalue weighted by atomic mass is 35.5. The van der Waals surface area contributed by atoms with Crippen molar-refractivity contribution in [3.63, 3.8) is 0 Å². The van der Waals surface area contributed by atoms with E-state index in [9.17, 15) is 5.26 Å². The molecule has 0 spiro atoms. The predicted octanol–water partition coefficient (Wildman–Crippen LogP) is 5.78. The number of nitriles is 1. The van der Waals surface area contributed by atoms with Gasteiger partial charge in [0.2, 0.25) is 0 Å². The van der Waals surface area contributed by atoms with Crippen molar-refractivity contribution in [2.75, 3.05) is 0 Å². The van der Waals surface area contributed by atoms with Crippen LogP contribution >= 0.6 is 11.6 Å². The Morgan fingerprint density at radius 2 is 1.13 bits per heavy atom. The summed E-state index contributed by atoms with van der Waals surface area (Å²) in [6.07, 6.45) is 0. The average molecular weight is 318 g/mol. The molecule has 3 aromatic carbocycles. The second-order valence-corrected chi connectivity index (χ2v) is 5.89. The Bertz CT molecular complexity index is 749. The van der Waals surface area contributed by atoms with Crippen LogP contribution in [0, 0.1) is 11.3 Å². The molecule has 0 saturated heterocycles. The van der Waals surface area contributed by atoms with E-state index >= 15 is 0 Å². The first kappa shape index (κ1) is 15.3. The van der Waals surface area contributed by atoms with Gasteiger partial charge in [-0.25, -0.2) is 0 Å². The Kier molecular flexibility index (Phi) is 4.76. The number of rotatable bonds is 4. The van der Waals surface area contributed by atoms with Gasteiger partial charge in [-0.3, -0.25) is 0 Å². The quantitative estimate of drug-likeness (QED) is 0.598. The van der Waals surface area contributed by atoms with Crippen molar-refractivity contribution < 1.29 is 0 Å². The normalized spacial score (nSPS) is 11.9. The second kappa shape index (κ2) is 7.13. The monoisotopic (exact) mass is 317 g/mol. The van der Waals surface area contributed by atoms with Crippen LogP contribution in [0.5, 0.6) is 0 Å². The van der Waals surface area contributed by atoms with Crippen molar-refractivity contribution in [2.45, 2.75) is 11.8 Å². The molecule has 0 aromatic heterocycles. The Labute approximate surface area is 141 Å². The number of benzene rings is 3. The van der Waals surface area contributed by atoms with Gasteiger partial charge in [0.1, 0.15) is 0 Å². The lowest BCUT2D eigenvalue weighted by atomic mass is 9.78. The maximum absolute atomic E-state index is 9.86. The van der Waals surface area contributed by atoms with Crippen LogP contribution in [0.3, 0.4) is 0 Å². The van der Waals surface area contributed by atoms with E-state index in [4.69, 9.17) is 11.6 Å². The fraction of sp³-hybridized carbons (Fsp3) is 0.0952. The van der Waals surface area contributed by atoms with E-state index in [2.05, 4.69) is 30.3 Å². The largest absolute Gasteiger partial charge is 0.198 e. The van der Waals surface area contributed by atoms with Gasteiger partial charge in [0.25, 0.3) is 0 Å². The zero-order chi connectivity index (χ0) is 16.1. The van der Waals surface area contributed by atoms with E-state index < -0.39 is 0 Å². The number of nitrogens with zero attached hydrogens (tertiary/aromatic N) is 1. The van der Waals surface area contributed by atoms with E-state index in [0.29, 0.717) is 5.02 Å². The number of hydrogen-bond donors (Lipinski definition) is 0. The van der Waals surface area contributed by atoms with Crippen LogP contribution in [0.1, 0.15) is 28.5 Å². The van der Waals surface area contributed by atoms with Crippen LogP contribution in [-0.2, 0) is 0 Å². The van der Waals surface area contributed by atoms with Gasteiger partial charge in [-0.1, -0.05) is 84.4 Å². The Morgan fingerprint density at radius 1 is 0.652 bits per heavy atom. The van der Waals surface area contributed by atoms with Crippen molar-refractivity contribution in [3.05, 3.63) is 107 Å². The molecule has 3 aromatic rings. The fourth-order valence-electron chi connectivity index (χ4n) is 2.91. The first-order valence-electron chi connectivity index (χ1n) is 7.54. The highest BCUT2D eigenvalue weighted by Gasteiger charge is 2.26. The van der Waals surface area contributed by atoms with E-state index in [-0.39, 0.29) is 11.8 Å². The summed E-state index contributed by atoms with van der Waals surface area (Å²) in [5.74, 6) is -0.277. The highest BCUT2D eigenvalue weighted by Crippen LogP contribution is 2.38. The molecule has 0 aliphatic carbocycles. The third-order valence-electron chi connectivity index (χ3n) is 4.02. The van der Waals surface area contributed by atoms with Gasteiger partial charge in [-0.15, -0.1) is 0 Å². The van der Waals surface area contributed by atoms with Gasteiger partial charge in [-0.05, 0) is 28.8 Å². The van der Waals surface area contributed by atoms with Crippen molar-refractivity contribution in [2.24, 2.45) is 0 Å². The van der Waals surface area contributed by atoms with E-state index in [1.165, 1.54) is 0 Å². The first-order valence-corrected chi connectivity index (χ1v) is 7.92. The molecule has 1 nitrogen and oxygen atoms in total. The molecule has 3 rings (SSSR count). The molecule has 0 radical (unpaired) electrons. The highest BCUT2D eigenvalue weighted by molar-refractivity contribution is 6.30. The molecule has 112 valence electrons. The van der Waals surface area contributed by atoms with Gasteiger partial charge in [-0.2, -0.15) is 5.26 Å². The van der Waals surface area contributed by atoms with Gasteiger partial charge >= 0.3 is 0 Å². The van der Waals surface area contributed by atoms with Crippen LogP contribution in [-0.4, -0.2) is 0 Å². The summed E-state index contributed by atoms with van der Waals surface area (Å²) < 4.78 is 0. The van der Waals surface area contributed by atoms with Gasteiger partial charge in [0.05, 0.1) is 12.0 Å². The van der Waals surface area contributed by atoms with E-state index in [0.717, 1.165) is 16.7 Å². The second-order valence-electron chi connectivity index (χ2n) is 5.46. The lowest BCUT2D eigenvalue weighted by Crippen LogP contribution is -2.11. The molecule has 0 saturated carbocycles. The molecular weight excluding hydrogens is 302 g/mol. The lowest BCUT2D eigenvalue weighted by Gasteiger charge is -2.23. The summed E-state index contributed by atoms with van der Waals surface area (Å²) in [5.41, 5.74) is 3.26. The fourth-order valence-corrected chi connectivity index (χ4v) is 3.04. The van der Waals surface area contributed by atoms with Crippen molar-refractivity contribution in [1.82, 2.24) is 0 Å². The molecule has 1 atom stereocenters. The Balaban J connectivity index is 2.10. The summed E-state index contributed by atoms with van der Waals surface area (Å²) in [4.78, 5) is 0. The van der Waals surface area contributed by atoms with Gasteiger partial charge in [0.15, 0.2) is 0 Å². The van der Waals surface area contributed by atoms with Crippen molar-refractivity contribution >= 4 is 11.6 Å². The number of hydrogen-bond acceptors (Lipinski definition) is 1. The maximum Gasteiger partial charge on any atom is 0.0821 e. The van der Waals surface area contributed by atoms with Crippen molar-refractivity contribution in [1.29, 1.82) is 5.26 Å². The summed E-state index contributed by atoms with van der Waals surface area (Å²) >= 11 is 5.99. The molecular formula is C21H16ClN. The molecule has 0 amide bonds. The predicted molar refractivity (Wildman–Crippen MR) is 94.5 cm³/mol. The zero-order valence-corrected chi connectivity index (χ0v) is 13.3. The number of halogens is 1. The molecule has 0 heterocycles. The maximum atomic E-state index is 9.86. The summed E-state index contributed by atoms with van der Waals surface area (Å²) in [6, 6.07) is 30.4. The van der Waals surface area contributed by atoms with Crippen LogP contribution in [0.25, 0.3) is 0 Å². The minimum absolute atomic E-state index is 0.0106. The molecule has 0 N–H and O–H groups in total. The summed E-state index contributed by atoms with van der Waals surface area (Å²) in [7, 11) is 0. The van der Waals surface area contributed by atoms with E-state index in [1.54, 1.807) is 0 Å². The van der Waals surface area contributed by atoms with Gasteiger partial charge in [0, 0.05) is 10.9 Å². The molecule has 23 heavy (non-hydrogen) atoms. The minimum Gasteiger partial charge on any atom is -0.198 e. The van der Waals surface area contributed by atoms with Crippen LogP contribution in [0.15, 0.2) is 84.9 Å². The zero-order valence-electron chi connectivity index (χ0n) is 12.6. The molecule has 0 fully saturated rings. The minimum atomic E-state index is -0.267. The summed E-state index contributed by atoms with van der Waals surface area (Å²) in [6.45, 7) is 0. The first-order chi connectivity index (χ1) is 11.3. The molecule has 1 unspecified atom stereocenters. The standard InChI is InChI=1S/C21H16ClN/c22-19-13-11-16(12-14-19)20(15-23)21(17-7-3-1-4-8-17)18-9-5-2-6-10-18/h1-14,20-21H. The van der Waals surface area contributed by atoms with Crippen molar-refractivity contribution in [3.8, 4) is 6.07 Å². The lowest BCUT2D eigenvalue weighted by molar-refractivity contribution is 0.726. The van der Waals surface area contributed by atoms with Crippen LogP contribution < -0.4 is 0 Å². The summed E-state index contributed by atoms with van der Waals surface area (Å²) in [5, 5.41) is 10.5. The van der Waals surface area contributed by atoms with E-state index in [1.807, 2.05) is 60.7 Å². The molecule has 2 heteroatoms. The topological polar surface area (TPSA) is 23.8 Å². The SMILES string of the molecule is N#CC(c1ccc(Cl)cc1)C(c1ccccc1)c1ccccc1. The molecule has 0 aliphatic rings. The Hall–Kier alpha value is -2.56. The Morgan fingerprint density at radius 3 is 1.57 bits per heavy atom. The molecule has 0 bridgehead atoms.